The first-order valence-electron chi connectivity index (χ1n) is 5.76. The van der Waals surface area contributed by atoms with E-state index < -0.39 is 6.10 Å². The zero-order valence-electron chi connectivity index (χ0n) is 10.1. The Balaban J connectivity index is 2.19. The molecule has 0 aliphatic heterocycles. The van der Waals surface area contributed by atoms with Crippen molar-refractivity contribution < 1.29 is 5.11 Å². The summed E-state index contributed by atoms with van der Waals surface area (Å²) in [6, 6.07) is 15.6. The van der Waals surface area contributed by atoms with Gasteiger partial charge < -0.3 is 5.11 Å². The first-order valence-corrected chi connectivity index (χ1v) is 7.36. The number of rotatable bonds is 4. The molecule has 0 spiro atoms. The number of aliphatic hydroxyl groups is 1. The lowest BCUT2D eigenvalue weighted by Crippen LogP contribution is -2.03. The molecule has 1 nitrogen and oxygen atoms in total. The normalized spacial score (nSPS) is 12.4. The van der Waals surface area contributed by atoms with Gasteiger partial charge in [-0.25, -0.2) is 0 Å². The van der Waals surface area contributed by atoms with E-state index in [1.54, 1.807) is 11.8 Å². The topological polar surface area (TPSA) is 20.2 Å². The summed E-state index contributed by atoms with van der Waals surface area (Å²) < 4.78 is 0. The van der Waals surface area contributed by atoms with Crippen LogP contribution in [0.2, 0.25) is 5.02 Å². The molecule has 18 heavy (non-hydrogen) atoms. The standard InChI is InChI=1S/C15H15ClOS/c1-18-15-8-3-2-7-13(15)14(17)10-11-5-4-6-12(16)9-11/h2-9,14,17H,10H2,1H3. The average molecular weight is 279 g/mol. The fraction of sp³-hybridized carbons (Fsp3) is 0.200. The molecule has 2 rings (SSSR count). The molecule has 1 N–H and O–H groups in total. The first kappa shape index (κ1) is 13.5. The Morgan fingerprint density at radius 1 is 1.17 bits per heavy atom. The Hall–Kier alpha value is -0.960. The summed E-state index contributed by atoms with van der Waals surface area (Å²) in [4.78, 5) is 1.12. The van der Waals surface area contributed by atoms with Gasteiger partial charge in [0, 0.05) is 16.3 Å². The van der Waals surface area contributed by atoms with Gasteiger partial charge in [-0.05, 0) is 35.6 Å². The minimum absolute atomic E-state index is 0.493. The predicted octanol–water partition coefficient (Wildman–Crippen LogP) is 4.34. The summed E-state index contributed by atoms with van der Waals surface area (Å²) in [7, 11) is 0. The Labute approximate surface area is 117 Å². The molecule has 3 heteroatoms. The van der Waals surface area contributed by atoms with E-state index >= 15 is 0 Å². The van der Waals surface area contributed by atoms with E-state index in [0.717, 1.165) is 16.0 Å². The lowest BCUT2D eigenvalue weighted by atomic mass is 10.0. The van der Waals surface area contributed by atoms with Crippen LogP contribution in [0.1, 0.15) is 17.2 Å². The van der Waals surface area contributed by atoms with Gasteiger partial charge in [-0.15, -0.1) is 11.8 Å². The molecule has 0 fully saturated rings. The summed E-state index contributed by atoms with van der Waals surface area (Å²) in [5.41, 5.74) is 2.02. The third kappa shape index (κ3) is 3.29. The van der Waals surface area contributed by atoms with Gasteiger partial charge in [0.25, 0.3) is 0 Å². The van der Waals surface area contributed by atoms with Crippen LogP contribution in [0.15, 0.2) is 53.4 Å². The fourth-order valence-corrected chi connectivity index (χ4v) is 2.81. The van der Waals surface area contributed by atoms with Crippen molar-refractivity contribution in [2.45, 2.75) is 17.4 Å². The van der Waals surface area contributed by atoms with Crippen LogP contribution in [0.5, 0.6) is 0 Å². The van der Waals surface area contributed by atoms with Crippen LogP contribution in [-0.4, -0.2) is 11.4 Å². The van der Waals surface area contributed by atoms with Gasteiger partial charge in [0.2, 0.25) is 0 Å². The molecule has 0 saturated carbocycles. The second kappa shape index (κ2) is 6.28. The van der Waals surface area contributed by atoms with Crippen LogP contribution in [0.3, 0.4) is 0 Å². The van der Waals surface area contributed by atoms with Crippen molar-refractivity contribution >= 4 is 23.4 Å². The molecule has 0 aliphatic rings. The second-order valence-corrected chi connectivity index (χ2v) is 5.38. The number of aliphatic hydroxyl groups excluding tert-OH is 1. The number of hydrogen-bond acceptors (Lipinski definition) is 2. The highest BCUT2D eigenvalue weighted by atomic mass is 35.5. The maximum Gasteiger partial charge on any atom is 0.0841 e. The molecule has 0 aromatic heterocycles. The summed E-state index contributed by atoms with van der Waals surface area (Å²) in [6.07, 6.45) is 2.11. The zero-order valence-corrected chi connectivity index (χ0v) is 11.7. The monoisotopic (exact) mass is 278 g/mol. The Bertz CT molecular complexity index is 527. The fourth-order valence-electron chi connectivity index (χ4n) is 1.94. The first-order chi connectivity index (χ1) is 8.70. The molecule has 0 saturated heterocycles. The molecule has 2 aromatic carbocycles. The van der Waals surface area contributed by atoms with Gasteiger partial charge in [-0.1, -0.05) is 41.9 Å². The van der Waals surface area contributed by atoms with Crippen molar-refractivity contribution in [1.29, 1.82) is 0 Å². The molecular weight excluding hydrogens is 264 g/mol. The lowest BCUT2D eigenvalue weighted by molar-refractivity contribution is 0.175. The summed E-state index contributed by atoms with van der Waals surface area (Å²) >= 11 is 7.60. The van der Waals surface area contributed by atoms with Crippen molar-refractivity contribution in [2.75, 3.05) is 6.26 Å². The Morgan fingerprint density at radius 3 is 2.67 bits per heavy atom. The van der Waals surface area contributed by atoms with Crippen molar-refractivity contribution in [3.8, 4) is 0 Å². The summed E-state index contributed by atoms with van der Waals surface area (Å²) in [5.74, 6) is 0. The molecule has 0 bridgehead atoms. The quantitative estimate of drug-likeness (QED) is 0.840. The van der Waals surface area contributed by atoms with Crippen LogP contribution in [-0.2, 0) is 6.42 Å². The van der Waals surface area contributed by atoms with Crippen LogP contribution >= 0.6 is 23.4 Å². The van der Waals surface area contributed by atoms with E-state index in [-0.39, 0.29) is 0 Å². The van der Waals surface area contributed by atoms with Crippen molar-refractivity contribution in [2.24, 2.45) is 0 Å². The van der Waals surface area contributed by atoms with Gasteiger partial charge in [0.05, 0.1) is 6.10 Å². The minimum atomic E-state index is -0.493. The molecule has 0 heterocycles. The van der Waals surface area contributed by atoms with Gasteiger partial charge in [-0.3, -0.25) is 0 Å². The third-order valence-electron chi connectivity index (χ3n) is 2.82. The highest BCUT2D eigenvalue weighted by molar-refractivity contribution is 7.98. The van der Waals surface area contributed by atoms with Crippen molar-refractivity contribution in [3.63, 3.8) is 0 Å². The van der Waals surface area contributed by atoms with Crippen LogP contribution in [0, 0.1) is 0 Å². The molecular formula is C15H15ClOS. The van der Waals surface area contributed by atoms with Crippen molar-refractivity contribution in [3.05, 3.63) is 64.7 Å². The van der Waals surface area contributed by atoms with Crippen LogP contribution < -0.4 is 0 Å². The Morgan fingerprint density at radius 2 is 1.94 bits per heavy atom. The highest BCUT2D eigenvalue weighted by Gasteiger charge is 2.12. The maximum atomic E-state index is 10.3. The highest BCUT2D eigenvalue weighted by Crippen LogP contribution is 2.28. The molecule has 0 amide bonds. The Kier molecular flexibility index (Phi) is 4.70. The number of hydrogen-bond donors (Lipinski definition) is 1. The predicted molar refractivity (Wildman–Crippen MR) is 78.3 cm³/mol. The van der Waals surface area contributed by atoms with Crippen molar-refractivity contribution in [1.82, 2.24) is 0 Å². The van der Waals surface area contributed by atoms with Crippen LogP contribution in [0.25, 0.3) is 0 Å². The maximum absolute atomic E-state index is 10.3. The second-order valence-electron chi connectivity index (χ2n) is 4.09. The number of halogens is 1. The van der Waals surface area contributed by atoms with Gasteiger partial charge in [0.15, 0.2) is 0 Å². The van der Waals surface area contributed by atoms with Gasteiger partial charge >= 0.3 is 0 Å². The number of thioether (sulfide) groups is 1. The average Bonchev–Trinajstić information content (AvgIpc) is 2.38. The van der Waals surface area contributed by atoms with Gasteiger partial charge in [-0.2, -0.15) is 0 Å². The molecule has 94 valence electrons. The largest absolute Gasteiger partial charge is 0.388 e. The summed E-state index contributed by atoms with van der Waals surface area (Å²) in [5, 5.41) is 11.0. The molecule has 2 aromatic rings. The molecule has 1 unspecified atom stereocenters. The SMILES string of the molecule is CSc1ccccc1C(O)Cc1cccc(Cl)c1. The van der Waals surface area contributed by atoms with E-state index in [4.69, 9.17) is 11.6 Å². The van der Waals surface area contributed by atoms with Gasteiger partial charge in [0.1, 0.15) is 0 Å². The van der Waals surface area contributed by atoms with Crippen LogP contribution in [0.4, 0.5) is 0 Å². The van der Waals surface area contributed by atoms with E-state index in [9.17, 15) is 5.11 Å². The molecule has 0 aliphatic carbocycles. The molecule has 1 atom stereocenters. The lowest BCUT2D eigenvalue weighted by Gasteiger charge is -2.14. The zero-order chi connectivity index (χ0) is 13.0. The molecule has 0 radical (unpaired) electrons. The van der Waals surface area contributed by atoms with E-state index in [1.165, 1.54) is 0 Å². The van der Waals surface area contributed by atoms with E-state index in [0.29, 0.717) is 11.4 Å². The number of benzene rings is 2. The van der Waals surface area contributed by atoms with E-state index in [1.807, 2.05) is 54.8 Å². The minimum Gasteiger partial charge on any atom is -0.388 e. The third-order valence-corrected chi connectivity index (χ3v) is 3.86. The van der Waals surface area contributed by atoms with E-state index in [2.05, 4.69) is 0 Å². The summed E-state index contributed by atoms with van der Waals surface area (Å²) in [6.45, 7) is 0. The smallest absolute Gasteiger partial charge is 0.0841 e.